The van der Waals surface area contributed by atoms with E-state index in [1.807, 2.05) is 30.3 Å². The molecule has 0 atom stereocenters. The monoisotopic (exact) mass is 275 g/mol. The van der Waals surface area contributed by atoms with Gasteiger partial charge in [-0.2, -0.15) is 0 Å². The molecule has 3 aromatic rings. The summed E-state index contributed by atoms with van der Waals surface area (Å²) in [4.78, 5) is 11.2. The highest BCUT2D eigenvalue weighted by Gasteiger charge is 2.07. The van der Waals surface area contributed by atoms with Gasteiger partial charge in [-0.25, -0.2) is 0 Å². The zero-order chi connectivity index (χ0) is 14.8. The minimum atomic E-state index is -0.362. The predicted molar refractivity (Wildman–Crippen MR) is 88.1 cm³/mol. The van der Waals surface area contributed by atoms with Gasteiger partial charge in [0, 0.05) is 5.57 Å². The van der Waals surface area contributed by atoms with E-state index < -0.39 is 0 Å². The Bertz CT molecular complexity index is 808. The van der Waals surface area contributed by atoms with Crippen LogP contribution in [0.5, 0.6) is 0 Å². The third kappa shape index (κ3) is 2.52. The van der Waals surface area contributed by atoms with Gasteiger partial charge in [-0.1, -0.05) is 54.6 Å². The molecule has 0 radical (unpaired) electrons. The topological polar surface area (TPSA) is 43.1 Å². The highest BCUT2D eigenvalue weighted by atomic mass is 16.1. The molecule has 3 rings (SSSR count). The molecule has 0 saturated heterocycles. The van der Waals surface area contributed by atoms with E-state index in [2.05, 4.69) is 30.3 Å². The normalized spacial score (nSPS) is 12.0. The average molecular weight is 275 g/mol. The van der Waals surface area contributed by atoms with Gasteiger partial charge in [0.2, 0.25) is 5.91 Å². The summed E-state index contributed by atoms with van der Waals surface area (Å²) in [6.07, 6.45) is 2.62. The number of allylic oxidation sites excluding steroid dienone is 1. The molecule has 0 heterocycles. The maximum absolute atomic E-state index is 11.2. The number of benzene rings is 3. The number of hydrogen-bond donors (Lipinski definition) is 1. The summed E-state index contributed by atoms with van der Waals surface area (Å²) in [5, 5.41) is 4.89. The molecule has 0 fully saturated rings. The number of fused-ring (bicyclic) bond motifs is 2. The van der Waals surface area contributed by atoms with Crippen molar-refractivity contribution in [2.24, 2.45) is 5.73 Å². The zero-order valence-corrected chi connectivity index (χ0v) is 12.0. The first-order chi connectivity index (χ1) is 10.2. The SMILES string of the molecule is CC(=CCc1c2ccccc2cc2ccccc12)C(N)=O. The molecule has 0 aliphatic rings. The second-order valence-electron chi connectivity index (χ2n) is 5.25. The molecule has 21 heavy (non-hydrogen) atoms. The summed E-state index contributed by atoms with van der Waals surface area (Å²) >= 11 is 0. The van der Waals surface area contributed by atoms with E-state index in [0.717, 1.165) is 0 Å². The van der Waals surface area contributed by atoms with Crippen molar-refractivity contribution in [2.75, 3.05) is 0 Å². The van der Waals surface area contributed by atoms with E-state index in [9.17, 15) is 4.79 Å². The van der Waals surface area contributed by atoms with Crippen LogP contribution >= 0.6 is 0 Å². The Labute approximate surface area is 123 Å². The van der Waals surface area contributed by atoms with Crippen LogP contribution < -0.4 is 5.73 Å². The van der Waals surface area contributed by atoms with Gasteiger partial charge < -0.3 is 5.73 Å². The summed E-state index contributed by atoms with van der Waals surface area (Å²) in [5.74, 6) is -0.362. The van der Waals surface area contributed by atoms with Gasteiger partial charge in [0.25, 0.3) is 0 Å². The van der Waals surface area contributed by atoms with Crippen molar-refractivity contribution < 1.29 is 4.79 Å². The number of primary amides is 1. The van der Waals surface area contributed by atoms with Crippen molar-refractivity contribution >= 4 is 27.5 Å². The van der Waals surface area contributed by atoms with Crippen LogP contribution in [-0.2, 0) is 11.2 Å². The number of rotatable bonds is 3. The number of carbonyl (C=O) groups is 1. The van der Waals surface area contributed by atoms with Gasteiger partial charge in [0.15, 0.2) is 0 Å². The third-order valence-electron chi connectivity index (χ3n) is 3.88. The quantitative estimate of drug-likeness (QED) is 0.570. The van der Waals surface area contributed by atoms with Crippen LogP contribution in [0.25, 0.3) is 21.5 Å². The summed E-state index contributed by atoms with van der Waals surface area (Å²) in [7, 11) is 0. The lowest BCUT2D eigenvalue weighted by Crippen LogP contribution is -2.11. The molecule has 0 bridgehead atoms. The van der Waals surface area contributed by atoms with E-state index >= 15 is 0 Å². The minimum absolute atomic E-state index is 0.362. The second kappa shape index (κ2) is 5.41. The van der Waals surface area contributed by atoms with Crippen molar-refractivity contribution in [1.29, 1.82) is 0 Å². The van der Waals surface area contributed by atoms with Crippen LogP contribution in [0.15, 0.2) is 66.2 Å². The number of hydrogen-bond acceptors (Lipinski definition) is 1. The molecular formula is C19H17NO. The average Bonchev–Trinajstić information content (AvgIpc) is 2.51. The van der Waals surface area contributed by atoms with Crippen molar-refractivity contribution in [3.8, 4) is 0 Å². The number of carbonyl (C=O) groups excluding carboxylic acids is 1. The van der Waals surface area contributed by atoms with Crippen LogP contribution in [0.2, 0.25) is 0 Å². The highest BCUT2D eigenvalue weighted by molar-refractivity contribution is 6.02. The summed E-state index contributed by atoms with van der Waals surface area (Å²) in [6.45, 7) is 1.76. The van der Waals surface area contributed by atoms with Crippen LogP contribution in [0, 0.1) is 0 Å². The van der Waals surface area contributed by atoms with Crippen molar-refractivity contribution in [1.82, 2.24) is 0 Å². The highest BCUT2D eigenvalue weighted by Crippen LogP contribution is 2.29. The molecule has 104 valence electrons. The van der Waals surface area contributed by atoms with Gasteiger partial charge >= 0.3 is 0 Å². The second-order valence-corrected chi connectivity index (χ2v) is 5.25. The maximum Gasteiger partial charge on any atom is 0.244 e. The Morgan fingerprint density at radius 3 is 2.05 bits per heavy atom. The molecule has 2 heteroatoms. The lowest BCUT2D eigenvalue weighted by molar-refractivity contribution is -0.114. The third-order valence-corrected chi connectivity index (χ3v) is 3.88. The number of amides is 1. The molecule has 2 nitrogen and oxygen atoms in total. The standard InChI is InChI=1S/C19H17NO/c1-13(19(20)21)10-11-18-16-8-4-2-6-14(16)12-15-7-3-5-9-17(15)18/h2-10,12H,11H2,1H3,(H2,20,21). The summed E-state index contributed by atoms with van der Waals surface area (Å²) in [5.41, 5.74) is 7.16. The molecule has 0 spiro atoms. The Hall–Kier alpha value is -2.61. The minimum Gasteiger partial charge on any atom is -0.366 e. The Kier molecular flexibility index (Phi) is 3.44. The van der Waals surface area contributed by atoms with Crippen molar-refractivity contribution in [3.05, 3.63) is 71.8 Å². The fourth-order valence-electron chi connectivity index (χ4n) is 2.68. The molecule has 0 aliphatic carbocycles. The predicted octanol–water partition coefficient (Wildman–Crippen LogP) is 3.97. The molecule has 3 aromatic carbocycles. The zero-order valence-electron chi connectivity index (χ0n) is 12.0. The summed E-state index contributed by atoms with van der Waals surface area (Å²) < 4.78 is 0. The van der Waals surface area contributed by atoms with Gasteiger partial charge in [0.1, 0.15) is 0 Å². The Morgan fingerprint density at radius 1 is 1.00 bits per heavy atom. The Balaban J connectivity index is 2.25. The van der Waals surface area contributed by atoms with Crippen LogP contribution in [-0.4, -0.2) is 5.91 Å². The maximum atomic E-state index is 11.2. The first-order valence-electron chi connectivity index (χ1n) is 7.03. The van der Waals surface area contributed by atoms with Crippen molar-refractivity contribution in [2.45, 2.75) is 13.3 Å². The first kappa shape index (κ1) is 13.4. The fourth-order valence-corrected chi connectivity index (χ4v) is 2.68. The van der Waals surface area contributed by atoms with Crippen LogP contribution in [0.4, 0.5) is 0 Å². The van der Waals surface area contributed by atoms with Gasteiger partial charge in [-0.05, 0) is 46.5 Å². The first-order valence-corrected chi connectivity index (χ1v) is 7.03. The molecular weight excluding hydrogens is 258 g/mol. The molecule has 1 amide bonds. The molecule has 0 unspecified atom stereocenters. The van der Waals surface area contributed by atoms with Gasteiger partial charge in [0.05, 0.1) is 0 Å². The van der Waals surface area contributed by atoms with E-state index in [1.54, 1.807) is 6.92 Å². The largest absolute Gasteiger partial charge is 0.366 e. The Morgan fingerprint density at radius 2 is 1.52 bits per heavy atom. The van der Waals surface area contributed by atoms with Gasteiger partial charge in [-0.3, -0.25) is 4.79 Å². The van der Waals surface area contributed by atoms with E-state index in [4.69, 9.17) is 5.73 Å². The lowest BCUT2D eigenvalue weighted by atomic mass is 9.94. The fraction of sp³-hybridized carbons (Fsp3) is 0.105. The molecule has 0 saturated carbocycles. The van der Waals surface area contributed by atoms with Crippen molar-refractivity contribution in [3.63, 3.8) is 0 Å². The van der Waals surface area contributed by atoms with E-state index in [0.29, 0.717) is 12.0 Å². The molecule has 0 aromatic heterocycles. The van der Waals surface area contributed by atoms with Crippen LogP contribution in [0.1, 0.15) is 12.5 Å². The van der Waals surface area contributed by atoms with Gasteiger partial charge in [-0.15, -0.1) is 0 Å². The van der Waals surface area contributed by atoms with E-state index in [-0.39, 0.29) is 5.91 Å². The number of nitrogens with two attached hydrogens (primary N) is 1. The van der Waals surface area contributed by atoms with E-state index in [1.165, 1.54) is 27.1 Å². The smallest absolute Gasteiger partial charge is 0.244 e. The molecule has 2 N–H and O–H groups in total. The van der Waals surface area contributed by atoms with Crippen LogP contribution in [0.3, 0.4) is 0 Å². The summed E-state index contributed by atoms with van der Waals surface area (Å²) in [6, 6.07) is 18.9. The molecule has 0 aliphatic heterocycles. The lowest BCUT2D eigenvalue weighted by Gasteiger charge is -2.10.